The van der Waals surface area contributed by atoms with Crippen molar-refractivity contribution >= 4 is 29.1 Å². The molecular weight excluding hydrogens is 434 g/mol. The summed E-state index contributed by atoms with van der Waals surface area (Å²) in [4.78, 5) is 15.0. The second-order valence-corrected chi connectivity index (χ2v) is 9.54. The number of likely N-dealkylation sites (tertiary alicyclic amines) is 2. The summed E-state index contributed by atoms with van der Waals surface area (Å²) in [6, 6.07) is 3.53. The Morgan fingerprint density at radius 2 is 1.65 bits per heavy atom. The van der Waals surface area contributed by atoms with Gasteiger partial charge in [-0.25, -0.2) is 9.18 Å². The van der Waals surface area contributed by atoms with Gasteiger partial charge >= 0.3 is 12.3 Å². The number of hydrogen-bond donors (Lipinski definition) is 1. The number of hydrogen-bond acceptors (Lipinski definition) is 3. The van der Waals surface area contributed by atoms with E-state index < -0.39 is 35.1 Å². The van der Waals surface area contributed by atoms with E-state index in [0.29, 0.717) is 12.1 Å². The zero-order valence-corrected chi connectivity index (χ0v) is 18.6. The van der Waals surface area contributed by atoms with E-state index in [4.69, 9.17) is 17.0 Å². The van der Waals surface area contributed by atoms with Gasteiger partial charge in [-0.1, -0.05) is 0 Å². The van der Waals surface area contributed by atoms with Crippen molar-refractivity contribution in [3.05, 3.63) is 30.1 Å². The van der Waals surface area contributed by atoms with Crippen molar-refractivity contribution in [2.75, 3.05) is 25.0 Å². The average Bonchev–Trinajstić information content (AvgIpc) is 3.02. The highest BCUT2D eigenvalue weighted by Crippen LogP contribution is 2.51. The Balaban J connectivity index is 1.73. The lowest BCUT2D eigenvalue weighted by atomic mass is 9.72. The van der Waals surface area contributed by atoms with Crippen LogP contribution in [0.1, 0.15) is 40.0 Å². The molecule has 5 nitrogen and oxygen atoms in total. The van der Waals surface area contributed by atoms with Crippen LogP contribution in [-0.4, -0.2) is 58.5 Å². The zero-order chi connectivity index (χ0) is 23.0. The fourth-order valence-corrected chi connectivity index (χ4v) is 4.71. The largest absolute Gasteiger partial charge is 0.444 e. The molecule has 1 unspecified atom stereocenters. The molecule has 172 valence electrons. The molecule has 1 aromatic rings. The first-order chi connectivity index (χ1) is 14.3. The molecule has 1 aromatic carbocycles. The molecule has 2 saturated heterocycles. The van der Waals surface area contributed by atoms with Crippen molar-refractivity contribution < 1.29 is 27.1 Å². The van der Waals surface area contributed by atoms with Gasteiger partial charge in [-0.2, -0.15) is 13.2 Å². The van der Waals surface area contributed by atoms with E-state index in [0.717, 1.165) is 0 Å². The minimum Gasteiger partial charge on any atom is -0.444 e. The van der Waals surface area contributed by atoms with Crippen molar-refractivity contribution in [1.82, 2.24) is 9.80 Å². The summed E-state index contributed by atoms with van der Waals surface area (Å²) in [7, 11) is 0. The predicted octanol–water partition coefficient (Wildman–Crippen LogP) is 5.18. The number of nitrogens with one attached hydrogen (secondary N) is 1. The smallest absolute Gasteiger partial charge is 0.410 e. The first-order valence-corrected chi connectivity index (χ1v) is 10.6. The van der Waals surface area contributed by atoms with Crippen LogP contribution in [0.15, 0.2) is 24.3 Å². The van der Waals surface area contributed by atoms with Crippen LogP contribution in [0.3, 0.4) is 0 Å². The third-order valence-corrected chi connectivity index (χ3v) is 6.16. The van der Waals surface area contributed by atoms with E-state index in [-0.39, 0.29) is 37.6 Å². The van der Waals surface area contributed by atoms with E-state index in [9.17, 15) is 22.4 Å². The number of amides is 1. The van der Waals surface area contributed by atoms with Crippen LogP contribution in [0, 0.1) is 11.2 Å². The van der Waals surface area contributed by atoms with E-state index in [1.54, 1.807) is 20.8 Å². The fourth-order valence-electron chi connectivity index (χ4n) is 4.40. The maximum absolute atomic E-state index is 14.2. The monoisotopic (exact) mass is 461 g/mol. The number of rotatable bonds is 1. The third-order valence-electron chi connectivity index (χ3n) is 5.82. The van der Waals surface area contributed by atoms with Gasteiger partial charge in [0.1, 0.15) is 17.5 Å². The number of nitrogens with zero attached hydrogens (tertiary/aromatic N) is 2. The first kappa shape index (κ1) is 23.6. The van der Waals surface area contributed by atoms with Gasteiger partial charge in [0.2, 0.25) is 0 Å². The lowest BCUT2D eigenvalue weighted by Gasteiger charge is -2.45. The Kier molecular flexibility index (Phi) is 6.42. The molecule has 0 aliphatic carbocycles. The molecule has 2 aliphatic rings. The molecule has 0 bridgehead atoms. The third kappa shape index (κ3) is 5.39. The summed E-state index contributed by atoms with van der Waals surface area (Å²) in [5, 5.41) is 2.75. The maximum Gasteiger partial charge on any atom is 0.410 e. The molecule has 0 saturated carbocycles. The topological polar surface area (TPSA) is 44.8 Å². The van der Waals surface area contributed by atoms with Crippen molar-refractivity contribution in [3.8, 4) is 0 Å². The lowest BCUT2D eigenvalue weighted by Crippen LogP contribution is -2.56. The van der Waals surface area contributed by atoms with Gasteiger partial charge in [0.05, 0.1) is 0 Å². The summed E-state index contributed by atoms with van der Waals surface area (Å²) in [6.07, 6.45) is -4.24. The molecule has 2 aliphatic heterocycles. The SMILES string of the molecule is CC(C)(C)OC(=O)N1CCC2(CC1)CCN(C(=S)Nc1ccc(F)cc1)C2C(F)(F)F. The second-order valence-electron chi connectivity index (χ2n) is 9.15. The van der Waals surface area contributed by atoms with Gasteiger partial charge in [-0.05, 0) is 76.5 Å². The Morgan fingerprint density at radius 3 is 2.16 bits per heavy atom. The molecule has 1 spiro atoms. The Hall–Kier alpha value is -2.10. The maximum atomic E-state index is 14.2. The van der Waals surface area contributed by atoms with Crippen LogP contribution in [0.5, 0.6) is 0 Å². The average molecular weight is 462 g/mol. The van der Waals surface area contributed by atoms with Gasteiger partial charge in [0.15, 0.2) is 5.11 Å². The highest BCUT2D eigenvalue weighted by Gasteiger charge is 2.61. The van der Waals surface area contributed by atoms with Crippen LogP contribution in [0.2, 0.25) is 0 Å². The summed E-state index contributed by atoms with van der Waals surface area (Å²) in [5.41, 5.74) is -1.26. The van der Waals surface area contributed by atoms with Crippen molar-refractivity contribution in [1.29, 1.82) is 0 Å². The normalized spacial score (nSPS) is 21.3. The molecular formula is C21H27F4N3O2S. The fraction of sp³-hybridized carbons (Fsp3) is 0.619. The number of piperidine rings is 1. The minimum atomic E-state index is -4.49. The van der Waals surface area contributed by atoms with Crippen molar-refractivity contribution in [2.24, 2.45) is 5.41 Å². The second kappa shape index (κ2) is 8.44. The molecule has 2 fully saturated rings. The molecule has 1 amide bonds. The molecule has 2 heterocycles. The summed E-state index contributed by atoms with van der Waals surface area (Å²) in [5.74, 6) is -0.443. The van der Waals surface area contributed by atoms with Crippen LogP contribution < -0.4 is 5.32 Å². The molecule has 0 aromatic heterocycles. The number of ether oxygens (including phenoxy) is 1. The first-order valence-electron chi connectivity index (χ1n) is 10.2. The van der Waals surface area contributed by atoms with E-state index in [1.165, 1.54) is 34.1 Å². The number of carbonyl (C=O) groups is 1. The summed E-state index contributed by atoms with van der Waals surface area (Å²) >= 11 is 5.29. The summed E-state index contributed by atoms with van der Waals surface area (Å²) < 4.78 is 61.0. The van der Waals surface area contributed by atoms with E-state index in [1.807, 2.05) is 0 Å². The molecule has 31 heavy (non-hydrogen) atoms. The van der Waals surface area contributed by atoms with Crippen molar-refractivity contribution in [3.63, 3.8) is 0 Å². The standard InChI is InChI=1S/C21H27F4N3O2S/c1-19(2,3)30-18(29)27-11-8-20(9-12-27)10-13-28(16(20)21(23,24)25)17(31)26-15-6-4-14(22)5-7-15/h4-7,16H,8-13H2,1-3H3,(H,26,31). The molecule has 1 atom stereocenters. The molecule has 1 N–H and O–H groups in total. The zero-order valence-electron chi connectivity index (χ0n) is 17.8. The van der Waals surface area contributed by atoms with E-state index in [2.05, 4.69) is 5.32 Å². The van der Waals surface area contributed by atoms with E-state index >= 15 is 0 Å². The van der Waals surface area contributed by atoms with Gasteiger partial charge < -0.3 is 19.9 Å². The highest BCUT2D eigenvalue weighted by molar-refractivity contribution is 7.80. The Bertz CT molecular complexity index is 815. The highest BCUT2D eigenvalue weighted by atomic mass is 32.1. The predicted molar refractivity (Wildman–Crippen MR) is 113 cm³/mol. The Morgan fingerprint density at radius 1 is 1.10 bits per heavy atom. The van der Waals surface area contributed by atoms with Gasteiger partial charge in [-0.3, -0.25) is 0 Å². The molecule has 10 heteroatoms. The van der Waals surface area contributed by atoms with Crippen LogP contribution in [0.4, 0.5) is 28.0 Å². The minimum absolute atomic E-state index is 0.0413. The van der Waals surface area contributed by atoms with Crippen LogP contribution in [0.25, 0.3) is 0 Å². The number of benzene rings is 1. The quantitative estimate of drug-likeness (QED) is 0.462. The van der Waals surface area contributed by atoms with Gasteiger partial charge in [0, 0.05) is 30.7 Å². The lowest BCUT2D eigenvalue weighted by molar-refractivity contribution is -0.195. The molecule has 3 rings (SSSR count). The Labute approximate surface area is 184 Å². The van der Waals surface area contributed by atoms with Crippen molar-refractivity contribution in [2.45, 2.75) is 57.9 Å². The number of anilines is 1. The number of alkyl halides is 3. The van der Waals surface area contributed by atoms with Gasteiger partial charge in [-0.15, -0.1) is 0 Å². The number of thiocarbonyl (C=S) groups is 1. The number of carbonyl (C=O) groups excluding carboxylic acids is 1. The van der Waals surface area contributed by atoms with Crippen LogP contribution in [-0.2, 0) is 4.74 Å². The van der Waals surface area contributed by atoms with Gasteiger partial charge in [0.25, 0.3) is 0 Å². The molecule has 0 radical (unpaired) electrons. The van der Waals surface area contributed by atoms with Crippen LogP contribution >= 0.6 is 12.2 Å². The number of halogens is 4. The summed E-state index contributed by atoms with van der Waals surface area (Å²) in [6.45, 7) is 5.81.